The maximum atomic E-state index is 12.5. The summed E-state index contributed by atoms with van der Waals surface area (Å²) in [4.78, 5) is 27.7. The number of nitrogens with zero attached hydrogens (tertiary/aromatic N) is 2. The average molecular weight is 369 g/mol. The standard InChI is InChI=1S/C19H17ClN4O2/c1-10-6-17-12(8-15(10)20)7-14(18(25)23-17)11(2)22-16-5-4-13(9-21)24(3)19(16)26/h4-8,11,22H,1-3H3,(H,23,25)/t11-/m0/s1. The number of fused-ring (bicyclic) bond motifs is 1. The summed E-state index contributed by atoms with van der Waals surface area (Å²) in [5.74, 6) is 0. The number of halogens is 1. The largest absolute Gasteiger partial charge is 0.374 e. The molecular formula is C19H17ClN4O2. The molecule has 3 rings (SSSR count). The minimum atomic E-state index is -0.413. The summed E-state index contributed by atoms with van der Waals surface area (Å²) < 4.78 is 1.27. The number of hydrogen-bond acceptors (Lipinski definition) is 4. The summed E-state index contributed by atoms with van der Waals surface area (Å²) in [6.45, 7) is 3.67. The fraction of sp³-hybridized carbons (Fsp3) is 0.211. The Morgan fingerprint density at radius 2 is 2.00 bits per heavy atom. The van der Waals surface area contributed by atoms with Crippen LogP contribution in [-0.4, -0.2) is 9.55 Å². The summed E-state index contributed by atoms with van der Waals surface area (Å²) >= 11 is 6.18. The van der Waals surface area contributed by atoms with Crippen LogP contribution < -0.4 is 16.4 Å². The van der Waals surface area contributed by atoms with Crippen molar-refractivity contribution in [3.63, 3.8) is 0 Å². The monoisotopic (exact) mass is 368 g/mol. The number of rotatable bonds is 3. The normalized spacial score (nSPS) is 12.0. The molecule has 0 bridgehead atoms. The zero-order chi connectivity index (χ0) is 19.0. The molecule has 0 radical (unpaired) electrons. The van der Waals surface area contributed by atoms with Crippen LogP contribution in [-0.2, 0) is 7.05 Å². The maximum Gasteiger partial charge on any atom is 0.274 e. The van der Waals surface area contributed by atoms with Gasteiger partial charge in [-0.2, -0.15) is 5.26 Å². The number of pyridine rings is 2. The van der Waals surface area contributed by atoms with Crippen LogP contribution in [0.15, 0.2) is 39.9 Å². The predicted octanol–water partition coefficient (Wildman–Crippen LogP) is 3.23. The lowest BCUT2D eigenvalue weighted by Crippen LogP contribution is -2.26. The molecule has 0 aliphatic rings. The summed E-state index contributed by atoms with van der Waals surface area (Å²) in [6.07, 6.45) is 0. The summed E-state index contributed by atoms with van der Waals surface area (Å²) in [5, 5.41) is 13.5. The Kier molecular flexibility index (Phi) is 4.58. The highest BCUT2D eigenvalue weighted by Crippen LogP contribution is 2.24. The SMILES string of the molecule is Cc1cc2[nH]c(=O)c([C@H](C)Nc3ccc(C#N)n(C)c3=O)cc2cc1Cl. The smallest absolute Gasteiger partial charge is 0.274 e. The first-order chi connectivity index (χ1) is 12.3. The molecule has 0 fully saturated rings. The van der Waals surface area contributed by atoms with Crippen LogP contribution in [0.2, 0.25) is 5.02 Å². The molecule has 3 aromatic rings. The van der Waals surface area contributed by atoms with Crippen molar-refractivity contribution in [2.45, 2.75) is 19.9 Å². The van der Waals surface area contributed by atoms with E-state index in [0.29, 0.717) is 21.8 Å². The first kappa shape index (κ1) is 17.8. The number of nitriles is 1. The molecule has 132 valence electrons. The highest BCUT2D eigenvalue weighted by molar-refractivity contribution is 6.32. The predicted molar refractivity (Wildman–Crippen MR) is 103 cm³/mol. The zero-order valence-electron chi connectivity index (χ0n) is 14.6. The van der Waals surface area contributed by atoms with E-state index in [1.54, 1.807) is 31.2 Å². The van der Waals surface area contributed by atoms with Crippen LogP contribution in [0, 0.1) is 18.3 Å². The number of hydrogen-bond donors (Lipinski definition) is 2. The van der Waals surface area contributed by atoms with Gasteiger partial charge in [0, 0.05) is 28.5 Å². The second kappa shape index (κ2) is 6.70. The molecule has 0 spiro atoms. The third kappa shape index (κ3) is 3.09. The van der Waals surface area contributed by atoms with Gasteiger partial charge in [0.15, 0.2) is 0 Å². The van der Waals surface area contributed by atoms with Gasteiger partial charge in [-0.3, -0.25) is 9.59 Å². The topological polar surface area (TPSA) is 90.7 Å². The zero-order valence-corrected chi connectivity index (χ0v) is 15.3. The molecule has 7 heteroatoms. The molecule has 0 aliphatic heterocycles. The molecule has 0 unspecified atom stereocenters. The molecular weight excluding hydrogens is 352 g/mol. The molecule has 0 amide bonds. The fourth-order valence-electron chi connectivity index (χ4n) is 2.84. The van der Waals surface area contributed by atoms with E-state index in [1.165, 1.54) is 11.6 Å². The number of H-pyrrole nitrogens is 1. The van der Waals surface area contributed by atoms with Crippen molar-refractivity contribution < 1.29 is 0 Å². The van der Waals surface area contributed by atoms with Crippen LogP contribution in [0.5, 0.6) is 0 Å². The lowest BCUT2D eigenvalue weighted by molar-refractivity contribution is 0.818. The second-order valence-corrected chi connectivity index (χ2v) is 6.62. The Labute approximate surface area is 154 Å². The van der Waals surface area contributed by atoms with E-state index >= 15 is 0 Å². The molecule has 1 aromatic carbocycles. The molecule has 0 aliphatic carbocycles. The minimum Gasteiger partial charge on any atom is -0.374 e. The number of nitrogens with one attached hydrogen (secondary N) is 2. The van der Waals surface area contributed by atoms with Crippen molar-refractivity contribution in [3.8, 4) is 6.07 Å². The Morgan fingerprint density at radius 3 is 2.69 bits per heavy atom. The fourth-order valence-corrected chi connectivity index (χ4v) is 3.01. The van der Waals surface area contributed by atoms with E-state index in [4.69, 9.17) is 16.9 Å². The van der Waals surface area contributed by atoms with E-state index in [1.807, 2.05) is 19.1 Å². The second-order valence-electron chi connectivity index (χ2n) is 6.22. The molecule has 2 aromatic heterocycles. The van der Waals surface area contributed by atoms with E-state index < -0.39 is 6.04 Å². The average Bonchev–Trinajstić information content (AvgIpc) is 2.60. The van der Waals surface area contributed by atoms with Gasteiger partial charge >= 0.3 is 0 Å². The summed E-state index contributed by atoms with van der Waals surface area (Å²) in [7, 11) is 1.53. The van der Waals surface area contributed by atoms with Crippen molar-refractivity contribution in [1.82, 2.24) is 9.55 Å². The molecule has 0 saturated carbocycles. The van der Waals surface area contributed by atoms with Gasteiger partial charge in [-0.25, -0.2) is 0 Å². The number of benzene rings is 1. The Morgan fingerprint density at radius 1 is 1.27 bits per heavy atom. The van der Waals surface area contributed by atoms with Crippen molar-refractivity contribution in [2.24, 2.45) is 7.05 Å². The molecule has 26 heavy (non-hydrogen) atoms. The highest BCUT2D eigenvalue weighted by atomic mass is 35.5. The third-order valence-electron chi connectivity index (χ3n) is 4.41. The van der Waals surface area contributed by atoms with Gasteiger partial charge in [-0.1, -0.05) is 11.6 Å². The number of aromatic nitrogens is 2. The lowest BCUT2D eigenvalue weighted by Gasteiger charge is -2.16. The van der Waals surface area contributed by atoms with Gasteiger partial charge < -0.3 is 14.9 Å². The Balaban J connectivity index is 2.02. The van der Waals surface area contributed by atoms with Crippen LogP contribution in [0.25, 0.3) is 10.9 Å². The summed E-state index contributed by atoms with van der Waals surface area (Å²) in [6, 6.07) is 10.1. The van der Waals surface area contributed by atoms with Gasteiger partial charge in [0.1, 0.15) is 17.5 Å². The van der Waals surface area contributed by atoms with Crippen molar-refractivity contribution >= 4 is 28.2 Å². The van der Waals surface area contributed by atoms with Crippen LogP contribution in [0.4, 0.5) is 5.69 Å². The Hall–Kier alpha value is -3.04. The number of anilines is 1. The maximum absolute atomic E-state index is 12.5. The van der Waals surface area contributed by atoms with Crippen molar-refractivity contribution in [1.29, 1.82) is 5.26 Å². The highest BCUT2D eigenvalue weighted by Gasteiger charge is 2.14. The van der Waals surface area contributed by atoms with E-state index in [9.17, 15) is 9.59 Å². The van der Waals surface area contributed by atoms with Gasteiger partial charge in [-0.05, 0) is 49.7 Å². The minimum absolute atomic E-state index is 0.232. The Bertz CT molecular complexity index is 1170. The molecule has 2 heterocycles. The molecule has 2 N–H and O–H groups in total. The first-order valence-electron chi connectivity index (χ1n) is 8.01. The van der Waals surface area contributed by atoms with Crippen molar-refractivity contribution in [2.75, 3.05) is 5.32 Å². The molecule has 0 saturated heterocycles. The lowest BCUT2D eigenvalue weighted by atomic mass is 10.1. The summed E-state index contributed by atoms with van der Waals surface area (Å²) in [5.41, 5.74) is 2.11. The number of aryl methyl sites for hydroxylation is 1. The van der Waals surface area contributed by atoms with E-state index in [0.717, 1.165) is 10.9 Å². The van der Waals surface area contributed by atoms with Crippen LogP contribution in [0.1, 0.15) is 29.8 Å². The number of aromatic amines is 1. The quantitative estimate of drug-likeness (QED) is 0.742. The van der Waals surface area contributed by atoms with Gasteiger partial charge in [0.05, 0.1) is 6.04 Å². The third-order valence-corrected chi connectivity index (χ3v) is 4.82. The molecule has 6 nitrogen and oxygen atoms in total. The van der Waals surface area contributed by atoms with Gasteiger partial charge in [0.25, 0.3) is 11.1 Å². The van der Waals surface area contributed by atoms with Gasteiger partial charge in [-0.15, -0.1) is 0 Å². The first-order valence-corrected chi connectivity index (χ1v) is 8.39. The van der Waals surface area contributed by atoms with E-state index in [2.05, 4.69) is 10.3 Å². The van der Waals surface area contributed by atoms with Crippen LogP contribution in [0.3, 0.4) is 0 Å². The van der Waals surface area contributed by atoms with Crippen molar-refractivity contribution in [3.05, 3.63) is 72.9 Å². The van der Waals surface area contributed by atoms with Gasteiger partial charge in [0.2, 0.25) is 0 Å². The van der Waals surface area contributed by atoms with Crippen LogP contribution >= 0.6 is 11.6 Å². The molecule has 1 atom stereocenters. The van der Waals surface area contributed by atoms with E-state index in [-0.39, 0.29) is 16.8 Å².